The maximum atomic E-state index is 13.8. The molecule has 0 spiro atoms. The number of nitrogens with one attached hydrogen (secondary N) is 1. The highest BCUT2D eigenvalue weighted by atomic mass is 127. The minimum Gasteiger partial charge on any atom is -0.506 e. The third kappa shape index (κ3) is 3.55. The van der Waals surface area contributed by atoms with Crippen LogP contribution in [0, 0.1) is 30.4 Å². The van der Waals surface area contributed by atoms with Gasteiger partial charge in [0.15, 0.2) is 22.3 Å². The molecule has 0 atom stereocenters. The van der Waals surface area contributed by atoms with E-state index in [-0.39, 0.29) is 7.14 Å². The topological polar surface area (TPSA) is 104 Å². The van der Waals surface area contributed by atoms with Gasteiger partial charge < -0.3 is 10.2 Å². The van der Waals surface area contributed by atoms with Crippen LogP contribution in [0.15, 0.2) is 17.0 Å². The summed E-state index contributed by atoms with van der Waals surface area (Å²) in [6.07, 6.45) is 0. The summed E-state index contributed by atoms with van der Waals surface area (Å²) in [5.41, 5.74) is -0.526. The molecule has 0 radical (unpaired) electrons. The molecule has 0 saturated carbocycles. The molecule has 13 heteroatoms. The molecular formula is C13H5F4I2NO5S. The summed E-state index contributed by atoms with van der Waals surface area (Å²) in [6, 6.07) is 2.76. The first kappa shape index (κ1) is 20.9. The first-order chi connectivity index (χ1) is 11.9. The number of amides is 1. The smallest absolute Gasteiger partial charge is 0.270 e. The highest BCUT2D eigenvalue weighted by Gasteiger charge is 2.35. The van der Waals surface area contributed by atoms with Crippen molar-refractivity contribution in [1.29, 1.82) is 0 Å². The molecule has 2 aromatic rings. The Labute approximate surface area is 170 Å². The van der Waals surface area contributed by atoms with Crippen molar-refractivity contribution in [2.24, 2.45) is 0 Å². The number of phenolic OH excluding ortho intramolecular Hbond substituents is 2. The van der Waals surface area contributed by atoms with Crippen LogP contribution < -0.4 is 4.72 Å². The second-order valence-electron chi connectivity index (χ2n) is 4.62. The molecule has 26 heavy (non-hydrogen) atoms. The van der Waals surface area contributed by atoms with Gasteiger partial charge in [-0.1, -0.05) is 0 Å². The molecule has 0 fully saturated rings. The Morgan fingerprint density at radius 3 is 1.85 bits per heavy atom. The van der Waals surface area contributed by atoms with Crippen LogP contribution in [0.4, 0.5) is 17.6 Å². The van der Waals surface area contributed by atoms with Crippen molar-refractivity contribution in [3.05, 3.63) is 48.1 Å². The molecule has 0 saturated heterocycles. The van der Waals surface area contributed by atoms with Crippen LogP contribution in [-0.2, 0) is 10.0 Å². The van der Waals surface area contributed by atoms with Gasteiger partial charge in [0.25, 0.3) is 15.9 Å². The van der Waals surface area contributed by atoms with Gasteiger partial charge in [0.1, 0.15) is 5.75 Å². The SMILES string of the molecule is O=C(NS(=O)(=O)c1c(F)c(F)c(O)c(F)c1F)c1c(I)ccc(I)c1O. The first-order valence-electron chi connectivity index (χ1n) is 6.19. The number of sulfonamides is 1. The Balaban J connectivity index is 2.59. The van der Waals surface area contributed by atoms with Crippen molar-refractivity contribution in [3.63, 3.8) is 0 Å². The van der Waals surface area contributed by atoms with Gasteiger partial charge in [0, 0.05) is 3.57 Å². The van der Waals surface area contributed by atoms with E-state index in [2.05, 4.69) is 0 Å². The number of carbonyl (C=O) groups excluding carboxylic acids is 1. The van der Waals surface area contributed by atoms with Crippen LogP contribution in [0.1, 0.15) is 10.4 Å². The van der Waals surface area contributed by atoms with Gasteiger partial charge in [0.2, 0.25) is 11.6 Å². The van der Waals surface area contributed by atoms with Crippen LogP contribution in [-0.4, -0.2) is 24.5 Å². The molecule has 0 bridgehead atoms. The van der Waals surface area contributed by atoms with E-state index in [1.54, 1.807) is 45.2 Å². The quantitative estimate of drug-likeness (QED) is 0.280. The summed E-state index contributed by atoms with van der Waals surface area (Å²) < 4.78 is 79.8. The monoisotopic (exact) mass is 617 g/mol. The number of phenols is 2. The van der Waals surface area contributed by atoms with Gasteiger partial charge in [-0.3, -0.25) is 4.79 Å². The van der Waals surface area contributed by atoms with Crippen molar-refractivity contribution in [2.75, 3.05) is 0 Å². The number of carbonyl (C=O) groups is 1. The summed E-state index contributed by atoms with van der Waals surface area (Å²) in [4.78, 5) is 10.0. The average Bonchev–Trinajstić information content (AvgIpc) is 2.54. The Kier molecular flexibility index (Phi) is 5.91. The van der Waals surface area contributed by atoms with E-state index in [0.717, 1.165) is 0 Å². The zero-order chi connectivity index (χ0) is 20.0. The van der Waals surface area contributed by atoms with E-state index in [0.29, 0.717) is 0 Å². The van der Waals surface area contributed by atoms with Crippen LogP contribution in [0.25, 0.3) is 0 Å². The first-order valence-corrected chi connectivity index (χ1v) is 9.83. The molecule has 1 amide bonds. The maximum Gasteiger partial charge on any atom is 0.270 e. The highest BCUT2D eigenvalue weighted by molar-refractivity contribution is 14.1. The van der Waals surface area contributed by atoms with Crippen molar-refractivity contribution in [2.45, 2.75) is 4.90 Å². The molecule has 140 valence electrons. The van der Waals surface area contributed by atoms with Gasteiger partial charge in [-0.25, -0.2) is 21.9 Å². The van der Waals surface area contributed by atoms with Gasteiger partial charge in [0.05, 0.1) is 9.13 Å². The third-order valence-electron chi connectivity index (χ3n) is 3.00. The normalized spacial score (nSPS) is 11.5. The lowest BCUT2D eigenvalue weighted by Gasteiger charge is -2.12. The standard InChI is InChI=1S/C13H5F4I2NO5S/c14-6-8(16)12(9(17)7(15)11(6)22)26(24,25)20-13(23)5-3(18)1-2-4(19)10(5)21/h1-2,21-22H,(H,20,23). The number of aromatic hydroxyl groups is 2. The molecule has 0 heterocycles. The number of hydrogen-bond acceptors (Lipinski definition) is 5. The molecule has 2 rings (SSSR count). The third-order valence-corrected chi connectivity index (χ3v) is 6.12. The Morgan fingerprint density at radius 1 is 0.885 bits per heavy atom. The van der Waals surface area contributed by atoms with E-state index in [1.165, 1.54) is 16.9 Å². The predicted molar refractivity (Wildman–Crippen MR) is 96.1 cm³/mol. The summed E-state index contributed by atoms with van der Waals surface area (Å²) in [7, 11) is -5.43. The van der Waals surface area contributed by atoms with Gasteiger partial charge in [-0.2, -0.15) is 8.78 Å². The van der Waals surface area contributed by atoms with Crippen molar-refractivity contribution in [3.8, 4) is 11.5 Å². The summed E-state index contributed by atoms with van der Waals surface area (Å²) >= 11 is 3.23. The molecule has 3 N–H and O–H groups in total. The second kappa shape index (κ2) is 7.34. The van der Waals surface area contributed by atoms with Crippen LogP contribution >= 0.6 is 45.2 Å². The Hall–Kier alpha value is -1.36. The zero-order valence-electron chi connectivity index (χ0n) is 11.9. The van der Waals surface area contributed by atoms with E-state index < -0.39 is 61.2 Å². The minimum atomic E-state index is -5.43. The Morgan fingerprint density at radius 2 is 1.35 bits per heavy atom. The van der Waals surface area contributed by atoms with Crippen molar-refractivity contribution >= 4 is 61.1 Å². The number of hydrogen-bond donors (Lipinski definition) is 3. The van der Waals surface area contributed by atoms with Gasteiger partial charge in [-0.15, -0.1) is 0 Å². The zero-order valence-corrected chi connectivity index (χ0v) is 17.1. The lowest BCUT2D eigenvalue weighted by Crippen LogP contribution is -2.33. The molecule has 2 aromatic carbocycles. The van der Waals surface area contributed by atoms with Crippen molar-refractivity contribution in [1.82, 2.24) is 4.72 Å². The van der Waals surface area contributed by atoms with E-state index >= 15 is 0 Å². The number of halogens is 6. The molecular weight excluding hydrogens is 612 g/mol. The van der Waals surface area contributed by atoms with Crippen LogP contribution in [0.2, 0.25) is 0 Å². The van der Waals surface area contributed by atoms with Crippen LogP contribution in [0.5, 0.6) is 11.5 Å². The average molecular weight is 617 g/mol. The molecule has 0 aliphatic carbocycles. The molecule has 6 nitrogen and oxygen atoms in total. The lowest BCUT2D eigenvalue weighted by atomic mass is 10.2. The largest absolute Gasteiger partial charge is 0.506 e. The highest BCUT2D eigenvalue weighted by Crippen LogP contribution is 2.32. The fourth-order valence-electron chi connectivity index (χ4n) is 1.82. The molecule has 0 aromatic heterocycles. The molecule has 0 unspecified atom stereocenters. The summed E-state index contributed by atoms with van der Waals surface area (Å²) in [6.45, 7) is 0. The maximum absolute atomic E-state index is 13.8. The fraction of sp³-hybridized carbons (Fsp3) is 0. The van der Waals surface area contributed by atoms with Crippen LogP contribution in [0.3, 0.4) is 0 Å². The minimum absolute atomic E-state index is 0.0947. The predicted octanol–water partition coefficient (Wildman–Crippen LogP) is 2.98. The number of rotatable bonds is 3. The summed E-state index contributed by atoms with van der Waals surface area (Å²) in [5, 5.41) is 18.8. The fourth-order valence-corrected chi connectivity index (χ4v) is 4.05. The second-order valence-corrected chi connectivity index (χ2v) is 8.56. The van der Waals surface area contributed by atoms with Gasteiger partial charge >= 0.3 is 0 Å². The van der Waals surface area contributed by atoms with E-state index in [4.69, 9.17) is 5.11 Å². The molecule has 0 aliphatic heterocycles. The lowest BCUT2D eigenvalue weighted by molar-refractivity contribution is 0.0977. The summed E-state index contributed by atoms with van der Waals surface area (Å²) in [5.74, 6) is -13.7. The van der Waals surface area contributed by atoms with E-state index in [1.807, 2.05) is 0 Å². The Bertz CT molecular complexity index is 1020. The van der Waals surface area contributed by atoms with Gasteiger partial charge in [-0.05, 0) is 57.3 Å². The number of benzene rings is 2. The molecule has 0 aliphatic rings. The van der Waals surface area contributed by atoms with E-state index in [9.17, 15) is 35.9 Å². The van der Waals surface area contributed by atoms with Crippen molar-refractivity contribution < 1.29 is 41.0 Å².